The molecule has 0 saturated carbocycles. The summed E-state index contributed by atoms with van der Waals surface area (Å²) in [5.74, 6) is 0.347. The lowest BCUT2D eigenvalue weighted by Crippen LogP contribution is -2.14. The summed E-state index contributed by atoms with van der Waals surface area (Å²) in [6.07, 6.45) is 0.308. The highest BCUT2D eigenvalue weighted by Gasteiger charge is 2.19. The van der Waals surface area contributed by atoms with Crippen molar-refractivity contribution < 1.29 is 9.53 Å². The van der Waals surface area contributed by atoms with E-state index in [9.17, 15) is 4.79 Å². The molecule has 0 fully saturated rings. The Balaban J connectivity index is 1.81. The first-order valence-corrected chi connectivity index (χ1v) is 7.68. The van der Waals surface area contributed by atoms with Gasteiger partial charge in [0.05, 0.1) is 6.42 Å². The minimum absolute atomic E-state index is 0.00591. The number of esters is 1. The zero-order chi connectivity index (χ0) is 15.9. The Labute approximate surface area is 136 Å². The van der Waals surface area contributed by atoms with Crippen molar-refractivity contribution in [2.24, 2.45) is 0 Å². The first-order valence-electron chi connectivity index (χ1n) is 7.68. The first-order chi connectivity index (χ1) is 11.3. The Bertz CT molecular complexity index is 697. The standard InChI is InChI=1S/C21H18O2/c22-21(23-19-14-8-3-9-15-19)16-20(17-10-4-1-5-11-17)18-12-6-2-7-13-18/h1-15,20H,16H2. The SMILES string of the molecule is O=C(CC(c1ccccc1)c1ccccc1)Oc1ccccc1. The predicted molar refractivity (Wildman–Crippen MR) is 91.4 cm³/mol. The molecule has 0 aliphatic rings. The number of hydrogen-bond acceptors (Lipinski definition) is 2. The minimum atomic E-state index is -0.228. The Hall–Kier alpha value is -2.87. The van der Waals surface area contributed by atoms with Crippen molar-refractivity contribution in [1.29, 1.82) is 0 Å². The van der Waals surface area contributed by atoms with Gasteiger partial charge in [-0.05, 0) is 23.3 Å². The van der Waals surface area contributed by atoms with Crippen LogP contribution in [0.1, 0.15) is 23.5 Å². The van der Waals surface area contributed by atoms with Crippen molar-refractivity contribution in [3.63, 3.8) is 0 Å². The Morgan fingerprint density at radius 2 is 1.13 bits per heavy atom. The largest absolute Gasteiger partial charge is 0.427 e. The number of para-hydroxylation sites is 1. The second-order valence-electron chi connectivity index (χ2n) is 5.37. The summed E-state index contributed by atoms with van der Waals surface area (Å²) >= 11 is 0. The van der Waals surface area contributed by atoms with Gasteiger partial charge in [0.25, 0.3) is 0 Å². The van der Waals surface area contributed by atoms with Crippen molar-refractivity contribution >= 4 is 5.97 Å². The average molecular weight is 302 g/mol. The molecule has 0 N–H and O–H groups in total. The van der Waals surface area contributed by atoms with E-state index in [0.717, 1.165) is 11.1 Å². The highest BCUT2D eigenvalue weighted by Crippen LogP contribution is 2.28. The normalized spacial score (nSPS) is 10.5. The number of hydrogen-bond donors (Lipinski definition) is 0. The first kappa shape index (κ1) is 15.0. The minimum Gasteiger partial charge on any atom is -0.427 e. The van der Waals surface area contributed by atoms with Crippen molar-refractivity contribution in [3.05, 3.63) is 102 Å². The van der Waals surface area contributed by atoms with E-state index in [4.69, 9.17) is 4.74 Å². The van der Waals surface area contributed by atoms with E-state index in [1.165, 1.54) is 0 Å². The van der Waals surface area contributed by atoms with Crippen LogP contribution in [-0.2, 0) is 4.79 Å². The maximum atomic E-state index is 12.3. The predicted octanol–water partition coefficient (Wildman–Crippen LogP) is 4.81. The fourth-order valence-electron chi connectivity index (χ4n) is 2.63. The summed E-state index contributed by atoms with van der Waals surface area (Å²) < 4.78 is 5.45. The molecule has 0 amide bonds. The molecule has 0 heterocycles. The molecule has 114 valence electrons. The van der Waals surface area contributed by atoms with Gasteiger partial charge in [0.2, 0.25) is 0 Å². The van der Waals surface area contributed by atoms with Gasteiger partial charge in [-0.25, -0.2) is 0 Å². The van der Waals surface area contributed by atoms with Gasteiger partial charge >= 0.3 is 5.97 Å². The van der Waals surface area contributed by atoms with Crippen LogP contribution in [0.4, 0.5) is 0 Å². The van der Waals surface area contributed by atoms with Crippen LogP contribution in [0.3, 0.4) is 0 Å². The number of carbonyl (C=O) groups is 1. The molecular weight excluding hydrogens is 284 g/mol. The van der Waals surface area contributed by atoms with Crippen LogP contribution in [0, 0.1) is 0 Å². The lowest BCUT2D eigenvalue weighted by atomic mass is 9.89. The van der Waals surface area contributed by atoms with Crippen LogP contribution in [0.5, 0.6) is 5.75 Å². The molecule has 0 unspecified atom stereocenters. The molecule has 0 bridgehead atoms. The third kappa shape index (κ3) is 4.07. The summed E-state index contributed by atoms with van der Waals surface area (Å²) in [6, 6.07) is 29.3. The zero-order valence-corrected chi connectivity index (χ0v) is 12.8. The summed E-state index contributed by atoms with van der Waals surface area (Å²) in [7, 11) is 0. The fraction of sp³-hybridized carbons (Fsp3) is 0.0952. The third-order valence-corrected chi connectivity index (χ3v) is 3.75. The molecule has 3 aromatic rings. The molecule has 0 radical (unpaired) electrons. The molecule has 2 heteroatoms. The fourth-order valence-corrected chi connectivity index (χ4v) is 2.63. The molecule has 0 aliphatic carbocycles. The molecule has 0 aromatic heterocycles. The van der Waals surface area contributed by atoms with Gasteiger partial charge in [-0.1, -0.05) is 78.9 Å². The van der Waals surface area contributed by atoms with Crippen LogP contribution < -0.4 is 4.74 Å². The molecule has 0 atom stereocenters. The molecule has 0 spiro atoms. The van der Waals surface area contributed by atoms with Crippen molar-refractivity contribution in [3.8, 4) is 5.75 Å². The number of carbonyl (C=O) groups excluding carboxylic acids is 1. The van der Waals surface area contributed by atoms with E-state index in [1.807, 2.05) is 78.9 Å². The Morgan fingerprint density at radius 1 is 0.696 bits per heavy atom. The molecular formula is C21H18O2. The Kier molecular flexibility index (Phi) is 4.85. The summed E-state index contributed by atoms with van der Waals surface area (Å²) in [4.78, 5) is 12.3. The quantitative estimate of drug-likeness (QED) is 0.499. The molecule has 3 aromatic carbocycles. The lowest BCUT2D eigenvalue weighted by Gasteiger charge is -2.17. The van der Waals surface area contributed by atoms with E-state index in [1.54, 1.807) is 12.1 Å². The van der Waals surface area contributed by atoms with Crippen LogP contribution in [-0.4, -0.2) is 5.97 Å². The number of ether oxygens (including phenoxy) is 1. The van der Waals surface area contributed by atoms with Crippen LogP contribution in [0.15, 0.2) is 91.0 Å². The summed E-state index contributed by atoms with van der Waals surface area (Å²) in [6.45, 7) is 0. The van der Waals surface area contributed by atoms with E-state index in [-0.39, 0.29) is 11.9 Å². The average Bonchev–Trinajstić information content (AvgIpc) is 2.62. The van der Waals surface area contributed by atoms with Gasteiger partial charge in [0.15, 0.2) is 0 Å². The monoisotopic (exact) mass is 302 g/mol. The van der Waals surface area contributed by atoms with Gasteiger partial charge < -0.3 is 4.74 Å². The second-order valence-corrected chi connectivity index (χ2v) is 5.37. The molecule has 23 heavy (non-hydrogen) atoms. The number of benzene rings is 3. The summed E-state index contributed by atoms with van der Waals surface area (Å²) in [5, 5.41) is 0. The molecule has 0 saturated heterocycles. The van der Waals surface area contributed by atoms with Crippen LogP contribution in [0.25, 0.3) is 0 Å². The zero-order valence-electron chi connectivity index (χ0n) is 12.8. The highest BCUT2D eigenvalue weighted by molar-refractivity contribution is 5.74. The van der Waals surface area contributed by atoms with E-state index in [0.29, 0.717) is 12.2 Å². The smallest absolute Gasteiger partial charge is 0.312 e. The highest BCUT2D eigenvalue weighted by atomic mass is 16.5. The lowest BCUT2D eigenvalue weighted by molar-refractivity contribution is -0.134. The van der Waals surface area contributed by atoms with Crippen LogP contribution in [0.2, 0.25) is 0 Å². The molecule has 2 nitrogen and oxygen atoms in total. The van der Waals surface area contributed by atoms with Crippen molar-refractivity contribution in [1.82, 2.24) is 0 Å². The van der Waals surface area contributed by atoms with E-state index < -0.39 is 0 Å². The van der Waals surface area contributed by atoms with Crippen molar-refractivity contribution in [2.45, 2.75) is 12.3 Å². The Morgan fingerprint density at radius 3 is 1.61 bits per heavy atom. The molecule has 0 aliphatic heterocycles. The van der Waals surface area contributed by atoms with Gasteiger partial charge in [0, 0.05) is 5.92 Å². The number of rotatable bonds is 5. The van der Waals surface area contributed by atoms with Crippen molar-refractivity contribution in [2.75, 3.05) is 0 Å². The van der Waals surface area contributed by atoms with Gasteiger partial charge in [-0.2, -0.15) is 0 Å². The van der Waals surface area contributed by atoms with Gasteiger partial charge in [-0.15, -0.1) is 0 Å². The van der Waals surface area contributed by atoms with Gasteiger partial charge in [-0.3, -0.25) is 4.79 Å². The van der Waals surface area contributed by atoms with Gasteiger partial charge in [0.1, 0.15) is 5.75 Å². The van der Waals surface area contributed by atoms with E-state index >= 15 is 0 Å². The summed E-state index contributed by atoms with van der Waals surface area (Å²) in [5.41, 5.74) is 2.23. The molecule has 3 rings (SSSR count). The maximum absolute atomic E-state index is 12.3. The third-order valence-electron chi connectivity index (χ3n) is 3.75. The van der Waals surface area contributed by atoms with E-state index in [2.05, 4.69) is 0 Å². The van der Waals surface area contributed by atoms with Crippen LogP contribution >= 0.6 is 0 Å². The second kappa shape index (κ2) is 7.41. The maximum Gasteiger partial charge on any atom is 0.312 e. The topological polar surface area (TPSA) is 26.3 Å².